The van der Waals surface area contributed by atoms with Gasteiger partial charge in [-0.05, 0) is 23.8 Å². The number of halogens is 2. The maximum Gasteiger partial charge on any atom is 0.253 e. The average molecular weight is 319 g/mol. The van der Waals surface area contributed by atoms with Crippen molar-refractivity contribution >= 4 is 29.1 Å². The Kier molecular flexibility index (Phi) is 5.21. The molecular weight excluding hydrogens is 307 g/mol. The van der Waals surface area contributed by atoms with Gasteiger partial charge >= 0.3 is 0 Å². The van der Waals surface area contributed by atoms with E-state index < -0.39 is 11.9 Å². The fourth-order valence-electron chi connectivity index (χ4n) is 1.89. The van der Waals surface area contributed by atoms with Gasteiger partial charge in [-0.1, -0.05) is 53.5 Å². The lowest BCUT2D eigenvalue weighted by Crippen LogP contribution is -2.35. The van der Waals surface area contributed by atoms with E-state index in [-0.39, 0.29) is 5.56 Å². The van der Waals surface area contributed by atoms with E-state index >= 15 is 0 Å². The van der Waals surface area contributed by atoms with Crippen molar-refractivity contribution in [3.05, 3.63) is 69.7 Å². The molecule has 21 heavy (non-hydrogen) atoms. The molecule has 0 bridgehead atoms. The van der Waals surface area contributed by atoms with Crippen LogP contribution in [0.25, 0.3) is 0 Å². The van der Waals surface area contributed by atoms with Crippen LogP contribution in [0.5, 0.6) is 0 Å². The number of amides is 1. The highest BCUT2D eigenvalue weighted by Gasteiger charge is 2.16. The minimum Gasteiger partial charge on any atom is -0.336 e. The van der Waals surface area contributed by atoms with Gasteiger partial charge in [-0.25, -0.2) is 0 Å². The van der Waals surface area contributed by atoms with E-state index in [0.717, 1.165) is 5.56 Å². The van der Waals surface area contributed by atoms with Gasteiger partial charge in [0.25, 0.3) is 5.91 Å². The molecule has 2 aromatic rings. The highest BCUT2D eigenvalue weighted by atomic mass is 35.5. The Bertz CT molecular complexity index is 680. The molecule has 1 amide bonds. The largest absolute Gasteiger partial charge is 0.336 e. The van der Waals surface area contributed by atoms with Crippen LogP contribution in [0, 0.1) is 11.3 Å². The monoisotopic (exact) mass is 318 g/mol. The first-order chi connectivity index (χ1) is 10.1. The van der Waals surface area contributed by atoms with Gasteiger partial charge in [-0.2, -0.15) is 5.26 Å². The summed E-state index contributed by atoms with van der Waals surface area (Å²) in [4.78, 5) is 12.2. The maximum absolute atomic E-state index is 12.2. The fraction of sp³-hybridized carbons (Fsp3) is 0.125. The third-order valence-corrected chi connectivity index (χ3v) is 3.48. The quantitative estimate of drug-likeness (QED) is 0.930. The predicted molar refractivity (Wildman–Crippen MR) is 83.5 cm³/mol. The molecule has 1 atom stereocenters. The molecular formula is C16H12Cl2N2O. The van der Waals surface area contributed by atoms with Crippen molar-refractivity contribution in [2.24, 2.45) is 0 Å². The lowest BCUT2D eigenvalue weighted by atomic mass is 10.1. The van der Waals surface area contributed by atoms with Gasteiger partial charge in [0, 0.05) is 11.4 Å². The third-order valence-electron chi connectivity index (χ3n) is 2.92. The minimum absolute atomic E-state index is 0.262. The third kappa shape index (κ3) is 4.22. The molecule has 0 fully saturated rings. The summed E-state index contributed by atoms with van der Waals surface area (Å²) in [6.45, 7) is 0. The number of carbonyl (C=O) groups excluding carboxylic acids is 1. The molecule has 0 unspecified atom stereocenters. The first kappa shape index (κ1) is 15.4. The topological polar surface area (TPSA) is 52.9 Å². The van der Waals surface area contributed by atoms with Crippen molar-refractivity contribution in [3.63, 3.8) is 0 Å². The Morgan fingerprint density at radius 2 is 1.90 bits per heavy atom. The SMILES string of the molecule is N#C[C@H](Cc1ccccc1)NC(=O)c1cc(Cl)ccc1Cl. The molecule has 5 heteroatoms. The van der Waals surface area contributed by atoms with Gasteiger partial charge < -0.3 is 5.32 Å². The number of hydrogen-bond donors (Lipinski definition) is 1. The summed E-state index contributed by atoms with van der Waals surface area (Å²) in [6, 6.07) is 15.6. The first-order valence-electron chi connectivity index (χ1n) is 6.29. The van der Waals surface area contributed by atoms with E-state index in [2.05, 4.69) is 11.4 Å². The Morgan fingerprint density at radius 1 is 1.19 bits per heavy atom. The van der Waals surface area contributed by atoms with Crippen molar-refractivity contribution in [3.8, 4) is 6.07 Å². The van der Waals surface area contributed by atoms with Crippen molar-refractivity contribution < 1.29 is 4.79 Å². The van der Waals surface area contributed by atoms with Crippen LogP contribution in [-0.2, 0) is 6.42 Å². The number of benzene rings is 2. The van der Waals surface area contributed by atoms with E-state index in [1.807, 2.05) is 30.3 Å². The summed E-state index contributed by atoms with van der Waals surface area (Å²) in [5.74, 6) is -0.412. The Hall–Kier alpha value is -2.02. The number of nitrogens with one attached hydrogen (secondary N) is 1. The Labute approximate surface area is 133 Å². The summed E-state index contributed by atoms with van der Waals surface area (Å²) in [5.41, 5.74) is 1.24. The smallest absolute Gasteiger partial charge is 0.253 e. The Morgan fingerprint density at radius 3 is 2.57 bits per heavy atom. The molecule has 106 valence electrons. The zero-order valence-corrected chi connectivity index (χ0v) is 12.5. The zero-order chi connectivity index (χ0) is 15.2. The molecule has 0 heterocycles. The van der Waals surface area contributed by atoms with Gasteiger partial charge in [-0.3, -0.25) is 4.79 Å². The summed E-state index contributed by atoms with van der Waals surface area (Å²) in [7, 11) is 0. The van der Waals surface area contributed by atoms with Crippen molar-refractivity contribution in [1.29, 1.82) is 5.26 Å². The van der Waals surface area contributed by atoms with Crippen molar-refractivity contribution in [1.82, 2.24) is 5.32 Å². The molecule has 0 spiro atoms. The molecule has 0 aromatic heterocycles. The summed E-state index contributed by atoms with van der Waals surface area (Å²) < 4.78 is 0. The van der Waals surface area contributed by atoms with Crippen LogP contribution in [0.4, 0.5) is 0 Å². The van der Waals surface area contributed by atoms with Crippen LogP contribution in [0.1, 0.15) is 15.9 Å². The molecule has 2 rings (SSSR count). The van der Waals surface area contributed by atoms with E-state index in [0.29, 0.717) is 16.5 Å². The fourth-order valence-corrected chi connectivity index (χ4v) is 2.26. The molecule has 0 aliphatic carbocycles. The second-order valence-electron chi connectivity index (χ2n) is 4.47. The molecule has 2 aromatic carbocycles. The summed E-state index contributed by atoms with van der Waals surface area (Å²) in [5, 5.41) is 12.6. The number of carbonyl (C=O) groups is 1. The molecule has 0 radical (unpaired) electrons. The van der Waals surface area contributed by atoms with Gasteiger partial charge in [0.1, 0.15) is 6.04 Å². The lowest BCUT2D eigenvalue weighted by Gasteiger charge is -2.12. The zero-order valence-electron chi connectivity index (χ0n) is 11.0. The molecule has 0 aliphatic heterocycles. The standard InChI is InChI=1S/C16H12Cl2N2O/c17-12-6-7-15(18)14(9-12)16(21)20-13(10-19)8-11-4-2-1-3-5-11/h1-7,9,13H,8H2,(H,20,21)/t13-/m0/s1. The summed E-state index contributed by atoms with van der Waals surface area (Å²) in [6.07, 6.45) is 0.432. The average Bonchev–Trinajstić information content (AvgIpc) is 2.50. The second kappa shape index (κ2) is 7.12. The second-order valence-corrected chi connectivity index (χ2v) is 5.31. The van der Waals surface area contributed by atoms with Gasteiger partial charge in [-0.15, -0.1) is 0 Å². The molecule has 1 N–H and O–H groups in total. The van der Waals surface area contributed by atoms with E-state index in [4.69, 9.17) is 23.2 Å². The maximum atomic E-state index is 12.2. The molecule has 0 saturated carbocycles. The van der Waals surface area contributed by atoms with E-state index in [1.54, 1.807) is 12.1 Å². The van der Waals surface area contributed by atoms with Gasteiger partial charge in [0.15, 0.2) is 0 Å². The Balaban J connectivity index is 2.10. The highest BCUT2D eigenvalue weighted by molar-refractivity contribution is 6.35. The van der Waals surface area contributed by atoms with Gasteiger partial charge in [0.05, 0.1) is 16.7 Å². The predicted octanol–water partition coefficient (Wildman–Crippen LogP) is 3.86. The minimum atomic E-state index is -0.630. The van der Waals surface area contributed by atoms with Crippen LogP contribution < -0.4 is 5.32 Å². The highest BCUT2D eigenvalue weighted by Crippen LogP contribution is 2.20. The number of nitrogens with zero attached hydrogens (tertiary/aromatic N) is 1. The van der Waals surface area contributed by atoms with Crippen LogP contribution in [0.3, 0.4) is 0 Å². The van der Waals surface area contributed by atoms with Crippen LogP contribution in [0.15, 0.2) is 48.5 Å². The lowest BCUT2D eigenvalue weighted by molar-refractivity contribution is 0.0945. The molecule has 0 aliphatic rings. The van der Waals surface area contributed by atoms with Crippen LogP contribution in [-0.4, -0.2) is 11.9 Å². The molecule has 0 saturated heterocycles. The van der Waals surface area contributed by atoms with Crippen molar-refractivity contribution in [2.45, 2.75) is 12.5 Å². The summed E-state index contributed by atoms with van der Waals surface area (Å²) >= 11 is 11.8. The van der Waals surface area contributed by atoms with Crippen LogP contribution in [0.2, 0.25) is 10.0 Å². The number of hydrogen-bond acceptors (Lipinski definition) is 2. The van der Waals surface area contributed by atoms with E-state index in [9.17, 15) is 10.1 Å². The number of nitriles is 1. The van der Waals surface area contributed by atoms with Crippen molar-refractivity contribution in [2.75, 3.05) is 0 Å². The number of rotatable bonds is 4. The van der Waals surface area contributed by atoms with Gasteiger partial charge in [0.2, 0.25) is 0 Å². The van der Waals surface area contributed by atoms with Crippen LogP contribution >= 0.6 is 23.2 Å². The normalized spacial score (nSPS) is 11.5. The first-order valence-corrected chi connectivity index (χ1v) is 7.05. The molecule has 3 nitrogen and oxygen atoms in total. The van der Waals surface area contributed by atoms with E-state index in [1.165, 1.54) is 6.07 Å².